The average Bonchev–Trinajstić information content (AvgIpc) is 3.58. The van der Waals surface area contributed by atoms with Crippen LogP contribution >= 0.6 is 0 Å². The zero-order chi connectivity index (χ0) is 35.9. The molecule has 1 aliphatic rings. The maximum Gasteiger partial charge on any atom is 2.00 e. The van der Waals surface area contributed by atoms with Crippen molar-refractivity contribution >= 4 is 27.7 Å². The van der Waals surface area contributed by atoms with Crippen LogP contribution in [0.4, 0.5) is 0 Å². The quantitative estimate of drug-likeness (QED) is 0.166. The van der Waals surface area contributed by atoms with Crippen LogP contribution in [0.15, 0.2) is 71.9 Å². The maximum absolute atomic E-state index is 8.16. The summed E-state index contributed by atoms with van der Waals surface area (Å²) in [6.07, 6.45) is 1.89. The van der Waals surface area contributed by atoms with E-state index in [1.54, 1.807) is 6.92 Å². The number of nitrogens with zero attached hydrogens (tertiary/aromatic N) is 3. The van der Waals surface area contributed by atoms with E-state index < -0.39 is 12.4 Å². The van der Waals surface area contributed by atoms with Crippen molar-refractivity contribution in [2.75, 3.05) is 6.61 Å². The van der Waals surface area contributed by atoms with E-state index in [0.29, 0.717) is 5.56 Å². The number of benzene rings is 4. The van der Waals surface area contributed by atoms with Gasteiger partial charge in [-0.2, -0.15) is 0 Å². The van der Waals surface area contributed by atoms with E-state index in [1.165, 1.54) is 16.7 Å². The van der Waals surface area contributed by atoms with Crippen molar-refractivity contribution in [3.8, 4) is 28.1 Å². The van der Waals surface area contributed by atoms with Gasteiger partial charge in [-0.15, -0.1) is 41.5 Å². The number of hydrogen-bond donors (Lipinski definition) is 0. The van der Waals surface area contributed by atoms with Crippen LogP contribution in [0, 0.1) is 46.8 Å². The summed E-state index contributed by atoms with van der Waals surface area (Å²) in [7, 11) is 0. The monoisotopic (exact) mass is 815 g/mol. The Labute approximate surface area is 303 Å². The van der Waals surface area contributed by atoms with Crippen molar-refractivity contribution in [2.45, 2.75) is 80.1 Å². The number of aryl methyl sites for hydroxylation is 5. The molecule has 7 rings (SSSR count). The van der Waals surface area contributed by atoms with Crippen LogP contribution in [0.1, 0.15) is 77.6 Å². The van der Waals surface area contributed by atoms with Crippen molar-refractivity contribution < 1.29 is 29.9 Å². The van der Waals surface area contributed by atoms with Gasteiger partial charge in [0.15, 0.2) is 0 Å². The standard InChI is InChI=1S/C43H43N3O.Pt/c1-25-11-12-38-35(17-25)36-18-27(3)34(37-22-32(13-14-44-37)42(6,7)8)23-39(36)46(38)33-20-30(40-28(4)15-26(2)16-29(40)5)19-31(21-33)41-45-43(9,10)24-47-41;/h11-20,22H,24H2,1-10H3;/q-2;+2/i9D3;/t43-;/m0./s1. The number of pyridine rings is 1. The molecular formula is C43H43N3OPt. The normalized spacial score (nSPS) is 17.4. The molecule has 0 saturated carbocycles. The van der Waals surface area contributed by atoms with E-state index in [2.05, 4.69) is 132 Å². The Balaban J connectivity index is 0.00000448. The Kier molecular flexibility index (Phi) is 7.61. The number of aromatic nitrogens is 2. The fraction of sp³-hybridized carbons (Fsp3) is 0.302. The molecule has 5 heteroatoms. The molecule has 4 aromatic carbocycles. The number of fused-ring (bicyclic) bond motifs is 3. The van der Waals surface area contributed by atoms with Crippen LogP contribution in [0.5, 0.6) is 0 Å². The third-order valence-electron chi connectivity index (χ3n) is 9.17. The van der Waals surface area contributed by atoms with E-state index in [-0.39, 0.29) is 39.0 Å². The summed E-state index contributed by atoms with van der Waals surface area (Å²) >= 11 is 0. The fourth-order valence-corrected chi connectivity index (χ4v) is 6.96. The van der Waals surface area contributed by atoms with Gasteiger partial charge in [-0.3, -0.25) is 4.99 Å². The second kappa shape index (κ2) is 12.1. The first-order valence-electron chi connectivity index (χ1n) is 17.8. The SMILES string of the molecule is [2H]C([2H])([2H])[C@]1(C)COC(c2[c-]c(-n3c4[c-]c(-c5cc(C(C)(C)C)ccn5)c(C)cc4c4cc(C)ccc43)cc(-c3c(C)cc(C)cc3C)c2)=N1.[Pt+2]. The molecule has 6 aromatic rings. The summed E-state index contributed by atoms with van der Waals surface area (Å²) in [5, 5.41) is 2.21. The summed E-state index contributed by atoms with van der Waals surface area (Å²) in [6, 6.07) is 29.0. The van der Waals surface area contributed by atoms with Gasteiger partial charge in [0.1, 0.15) is 12.5 Å². The van der Waals surface area contributed by atoms with Gasteiger partial charge in [0.05, 0.1) is 5.54 Å². The molecule has 1 aliphatic heterocycles. The van der Waals surface area contributed by atoms with E-state index in [0.717, 1.165) is 66.6 Å². The van der Waals surface area contributed by atoms with Crippen LogP contribution in [-0.4, -0.2) is 27.6 Å². The predicted molar refractivity (Wildman–Crippen MR) is 196 cm³/mol. The number of rotatable bonds is 4. The molecule has 48 heavy (non-hydrogen) atoms. The smallest absolute Gasteiger partial charge is 0.518 e. The summed E-state index contributed by atoms with van der Waals surface area (Å²) in [6.45, 7) is 16.5. The Hall–Kier alpha value is -4.01. The minimum Gasteiger partial charge on any atom is -0.518 e. The predicted octanol–water partition coefficient (Wildman–Crippen LogP) is 10.5. The van der Waals surface area contributed by atoms with Gasteiger partial charge in [-0.1, -0.05) is 85.7 Å². The summed E-state index contributed by atoms with van der Waals surface area (Å²) in [4.78, 5) is 9.50. The molecule has 0 aliphatic carbocycles. The van der Waals surface area contributed by atoms with Crippen LogP contribution in [0.2, 0.25) is 0 Å². The Morgan fingerprint density at radius 2 is 1.60 bits per heavy atom. The molecule has 0 N–H and O–H groups in total. The second-order valence-corrected chi connectivity index (χ2v) is 14.5. The molecule has 0 saturated heterocycles. The first kappa shape index (κ1) is 30.1. The molecule has 2 aromatic heterocycles. The zero-order valence-corrected chi connectivity index (χ0v) is 31.4. The minimum atomic E-state index is -2.31. The van der Waals surface area contributed by atoms with Crippen LogP contribution in [0.3, 0.4) is 0 Å². The molecule has 1 atom stereocenters. The van der Waals surface area contributed by atoms with Crippen LogP contribution in [-0.2, 0) is 31.2 Å². The molecule has 3 heterocycles. The van der Waals surface area contributed by atoms with Crippen LogP contribution < -0.4 is 0 Å². The summed E-state index contributed by atoms with van der Waals surface area (Å²) < 4.78 is 32.8. The van der Waals surface area contributed by atoms with Crippen molar-refractivity contribution in [1.82, 2.24) is 9.55 Å². The van der Waals surface area contributed by atoms with Gasteiger partial charge in [-0.05, 0) is 104 Å². The molecular weight excluding hydrogens is 770 g/mol. The Bertz CT molecular complexity index is 2360. The molecule has 0 fully saturated rings. The summed E-state index contributed by atoms with van der Waals surface area (Å²) in [5.74, 6) is 0.287. The number of hydrogen-bond acceptors (Lipinski definition) is 3. The minimum absolute atomic E-state index is 0. The number of ether oxygens (including phenoxy) is 1. The molecule has 246 valence electrons. The van der Waals surface area contributed by atoms with Crippen molar-refractivity contribution in [2.24, 2.45) is 4.99 Å². The van der Waals surface area contributed by atoms with Gasteiger partial charge in [0, 0.05) is 15.8 Å². The topological polar surface area (TPSA) is 39.4 Å². The zero-order valence-electron chi connectivity index (χ0n) is 32.1. The van der Waals surface area contributed by atoms with Crippen molar-refractivity contribution in [3.63, 3.8) is 0 Å². The average molecular weight is 816 g/mol. The van der Waals surface area contributed by atoms with E-state index >= 15 is 0 Å². The first-order chi connectivity index (χ1) is 23.4. The number of aliphatic imine (C=N–C) groups is 1. The van der Waals surface area contributed by atoms with Crippen molar-refractivity contribution in [1.29, 1.82) is 0 Å². The first-order valence-corrected chi connectivity index (χ1v) is 16.3. The van der Waals surface area contributed by atoms with E-state index in [9.17, 15) is 0 Å². The molecule has 0 unspecified atom stereocenters. The molecule has 0 radical (unpaired) electrons. The van der Waals surface area contributed by atoms with Gasteiger partial charge in [0.25, 0.3) is 0 Å². The third kappa shape index (κ3) is 6.05. The summed E-state index contributed by atoms with van der Waals surface area (Å²) in [5.41, 5.74) is 12.9. The second-order valence-electron chi connectivity index (χ2n) is 14.5. The Morgan fingerprint density at radius 3 is 2.29 bits per heavy atom. The largest absolute Gasteiger partial charge is 2.00 e. The molecule has 4 nitrogen and oxygen atoms in total. The van der Waals surface area contributed by atoms with Gasteiger partial charge >= 0.3 is 21.1 Å². The van der Waals surface area contributed by atoms with E-state index in [4.69, 9.17) is 13.8 Å². The fourth-order valence-electron chi connectivity index (χ4n) is 6.96. The van der Waals surface area contributed by atoms with Gasteiger partial charge in [0.2, 0.25) is 0 Å². The Morgan fingerprint density at radius 1 is 0.854 bits per heavy atom. The molecule has 0 bridgehead atoms. The van der Waals surface area contributed by atoms with E-state index in [1.807, 2.05) is 12.3 Å². The maximum atomic E-state index is 8.16. The third-order valence-corrected chi connectivity index (χ3v) is 9.17. The molecule has 0 amide bonds. The van der Waals surface area contributed by atoms with Gasteiger partial charge in [-0.25, -0.2) is 0 Å². The van der Waals surface area contributed by atoms with Crippen molar-refractivity contribution in [3.05, 3.63) is 118 Å². The van der Waals surface area contributed by atoms with Crippen LogP contribution in [0.25, 0.3) is 49.9 Å². The van der Waals surface area contributed by atoms with Gasteiger partial charge < -0.3 is 14.3 Å². The molecule has 0 spiro atoms.